The van der Waals surface area contributed by atoms with E-state index in [4.69, 9.17) is 42.6 Å². The molecule has 3 saturated heterocycles. The number of allylic oxidation sites excluding steroid dienone is 2. The Morgan fingerprint density at radius 2 is 1.60 bits per heavy atom. The number of hydrogen-bond acceptors (Lipinski definition) is 17. The lowest BCUT2D eigenvalue weighted by Gasteiger charge is -2.50. The van der Waals surface area contributed by atoms with Crippen LogP contribution in [0.5, 0.6) is 0 Å². The van der Waals surface area contributed by atoms with Gasteiger partial charge in [0.2, 0.25) is 0 Å². The molecular formula is C45H76N2O15. The van der Waals surface area contributed by atoms with Crippen LogP contribution in [0.25, 0.3) is 0 Å². The summed E-state index contributed by atoms with van der Waals surface area (Å²) >= 11 is 0. The molecule has 3 fully saturated rings. The number of cyclic esters (lactones) is 1. The minimum absolute atomic E-state index is 0.0293. The Morgan fingerprint density at radius 3 is 2.19 bits per heavy atom. The van der Waals surface area contributed by atoms with E-state index in [1.165, 1.54) is 21.0 Å². The first-order valence-corrected chi connectivity index (χ1v) is 22.2. The van der Waals surface area contributed by atoms with Gasteiger partial charge in [-0.3, -0.25) is 9.59 Å². The van der Waals surface area contributed by atoms with Crippen LogP contribution in [0.3, 0.4) is 0 Å². The number of carbonyl (C=O) groups excluding carboxylic acids is 3. The first kappa shape index (κ1) is 52.2. The van der Waals surface area contributed by atoms with E-state index >= 15 is 0 Å². The summed E-state index contributed by atoms with van der Waals surface area (Å²) in [7, 11) is 9.02. The number of rotatable bonds is 12. The summed E-state index contributed by atoms with van der Waals surface area (Å²) < 4.78 is 56.3. The van der Waals surface area contributed by atoms with Crippen molar-refractivity contribution in [3.05, 3.63) is 24.3 Å². The Labute approximate surface area is 368 Å². The van der Waals surface area contributed by atoms with Crippen LogP contribution in [-0.4, -0.2) is 182 Å². The standard InChI is InChI=1S/C45H76N2O15/c1-25-22-31(20-21-48)41(62-44-39(51)38(47(10)11)40(28(4)58-44)61-37-24-45(7,53)43(52)29(5)57-37)42(54-12)34(59-30(6)49)23-35(50)55-26(2)16-14-13-15-17-33(25)60-36-19-18-32(46(8)9)27(3)56-36/h13-15,17,21,25-29,31-34,36-44,51-53H,16,18-20,22-24H2,1-12H3/b14-13-,17-15+/t25-,26-,27+,28-,29+,31+,32+,33+,34-,36-,37-,38+,39-,40+,41+,42-,43-,44+,45+/m1/s1. The molecule has 0 aromatic carbocycles. The first-order valence-electron chi connectivity index (χ1n) is 22.2. The summed E-state index contributed by atoms with van der Waals surface area (Å²) in [5, 5.41) is 33.6. The van der Waals surface area contributed by atoms with E-state index in [2.05, 4.69) is 4.90 Å². The molecule has 3 N–H and O–H groups in total. The Balaban J connectivity index is 1.73. The molecule has 0 aliphatic carbocycles. The maximum absolute atomic E-state index is 13.4. The fraction of sp³-hybridized carbons (Fsp3) is 0.844. The highest BCUT2D eigenvalue weighted by molar-refractivity contribution is 5.72. The molecule has 4 heterocycles. The quantitative estimate of drug-likeness (QED) is 0.191. The van der Waals surface area contributed by atoms with Crippen molar-refractivity contribution in [3.63, 3.8) is 0 Å². The van der Waals surface area contributed by atoms with Gasteiger partial charge in [-0.2, -0.15) is 0 Å². The fourth-order valence-corrected chi connectivity index (χ4v) is 9.40. The molecule has 0 saturated carbocycles. The number of aldehydes is 1. The van der Waals surface area contributed by atoms with Crippen molar-refractivity contribution >= 4 is 18.2 Å². The highest BCUT2D eigenvalue weighted by Crippen LogP contribution is 2.38. The Hall–Kier alpha value is -2.39. The molecule has 4 aliphatic heterocycles. The second kappa shape index (κ2) is 23.7. The fourth-order valence-electron chi connectivity index (χ4n) is 9.40. The normalized spacial score (nSPS) is 44.0. The molecule has 356 valence electrons. The summed E-state index contributed by atoms with van der Waals surface area (Å²) in [4.78, 5) is 42.7. The molecule has 0 aromatic heterocycles. The average Bonchev–Trinajstić information content (AvgIpc) is 3.16. The molecule has 17 heteroatoms. The number of likely N-dealkylation sites (N-methyl/N-ethyl adjacent to an activating group) is 2. The molecule has 17 nitrogen and oxygen atoms in total. The minimum Gasteiger partial charge on any atom is -0.462 e. The third kappa shape index (κ3) is 14.1. The van der Waals surface area contributed by atoms with Crippen LogP contribution in [0.4, 0.5) is 0 Å². The number of aliphatic hydroxyl groups is 3. The van der Waals surface area contributed by atoms with Gasteiger partial charge in [0.05, 0.1) is 48.6 Å². The van der Waals surface area contributed by atoms with Crippen molar-refractivity contribution in [1.29, 1.82) is 0 Å². The van der Waals surface area contributed by atoms with Gasteiger partial charge in [-0.05, 0) is 93.9 Å². The van der Waals surface area contributed by atoms with Crippen LogP contribution < -0.4 is 0 Å². The van der Waals surface area contributed by atoms with Gasteiger partial charge in [-0.25, -0.2) is 0 Å². The molecule has 0 aromatic rings. The molecule has 19 atom stereocenters. The molecule has 0 bridgehead atoms. The molecule has 0 spiro atoms. The summed E-state index contributed by atoms with van der Waals surface area (Å²) in [5.41, 5.74) is -1.49. The van der Waals surface area contributed by atoms with Gasteiger partial charge in [-0.1, -0.05) is 31.2 Å². The van der Waals surface area contributed by atoms with Crippen molar-refractivity contribution in [2.24, 2.45) is 11.8 Å². The average molecular weight is 885 g/mol. The number of ether oxygens (including phenoxy) is 9. The zero-order chi connectivity index (χ0) is 46.1. The smallest absolute Gasteiger partial charge is 0.309 e. The van der Waals surface area contributed by atoms with Gasteiger partial charge >= 0.3 is 11.9 Å². The number of methoxy groups -OCH3 is 1. The van der Waals surface area contributed by atoms with Crippen LogP contribution >= 0.6 is 0 Å². The van der Waals surface area contributed by atoms with E-state index < -0.39 is 109 Å². The molecule has 0 unspecified atom stereocenters. The van der Waals surface area contributed by atoms with Gasteiger partial charge in [0.25, 0.3) is 0 Å². The number of hydrogen-bond donors (Lipinski definition) is 3. The molecule has 0 radical (unpaired) electrons. The van der Waals surface area contributed by atoms with E-state index in [1.54, 1.807) is 39.8 Å². The van der Waals surface area contributed by atoms with Crippen LogP contribution in [0.15, 0.2) is 24.3 Å². The topological polar surface area (TPSA) is 201 Å². The largest absolute Gasteiger partial charge is 0.462 e. The maximum atomic E-state index is 13.4. The highest BCUT2D eigenvalue weighted by Gasteiger charge is 2.52. The zero-order valence-electron chi connectivity index (χ0n) is 38.9. The predicted molar refractivity (Wildman–Crippen MR) is 226 cm³/mol. The third-order valence-corrected chi connectivity index (χ3v) is 12.7. The van der Waals surface area contributed by atoms with Crippen molar-refractivity contribution in [2.45, 2.75) is 197 Å². The van der Waals surface area contributed by atoms with Crippen LogP contribution in [-0.2, 0) is 57.0 Å². The van der Waals surface area contributed by atoms with Gasteiger partial charge in [0.1, 0.15) is 42.9 Å². The molecule has 62 heavy (non-hydrogen) atoms. The number of nitrogens with zero attached hydrogens (tertiary/aromatic N) is 2. The first-order chi connectivity index (χ1) is 29.2. The van der Waals surface area contributed by atoms with Crippen molar-refractivity contribution in [1.82, 2.24) is 9.80 Å². The minimum atomic E-state index is -1.49. The van der Waals surface area contributed by atoms with E-state index in [0.717, 1.165) is 12.7 Å². The third-order valence-electron chi connectivity index (χ3n) is 12.7. The maximum Gasteiger partial charge on any atom is 0.309 e. The monoisotopic (exact) mass is 885 g/mol. The Bertz CT molecular complexity index is 1480. The van der Waals surface area contributed by atoms with Crippen LogP contribution in [0.1, 0.15) is 93.4 Å². The van der Waals surface area contributed by atoms with Crippen molar-refractivity contribution < 1.29 is 72.3 Å². The lowest BCUT2D eigenvalue weighted by atomic mass is 9.82. The summed E-state index contributed by atoms with van der Waals surface area (Å²) in [6.07, 6.45) is -1.81. The summed E-state index contributed by atoms with van der Waals surface area (Å²) in [5.74, 6) is -2.21. The number of carbonyl (C=O) groups is 3. The zero-order valence-corrected chi connectivity index (χ0v) is 38.9. The van der Waals surface area contributed by atoms with E-state index in [1.807, 2.05) is 52.2 Å². The second-order valence-electron chi connectivity index (χ2n) is 18.4. The van der Waals surface area contributed by atoms with Crippen LogP contribution in [0, 0.1) is 11.8 Å². The lowest BCUT2D eigenvalue weighted by molar-refractivity contribution is -0.344. The van der Waals surface area contributed by atoms with Gasteiger partial charge in [0, 0.05) is 39.3 Å². The lowest BCUT2D eigenvalue weighted by Crippen LogP contribution is -2.65. The Morgan fingerprint density at radius 1 is 0.903 bits per heavy atom. The summed E-state index contributed by atoms with van der Waals surface area (Å²) in [6, 6.07) is -0.509. The highest BCUT2D eigenvalue weighted by atomic mass is 16.7. The Kier molecular flexibility index (Phi) is 20.0. The predicted octanol–water partition coefficient (Wildman–Crippen LogP) is 2.90. The molecular weight excluding hydrogens is 808 g/mol. The van der Waals surface area contributed by atoms with E-state index in [-0.39, 0.29) is 37.3 Å². The van der Waals surface area contributed by atoms with Gasteiger partial charge < -0.3 is 72.5 Å². The van der Waals surface area contributed by atoms with Crippen molar-refractivity contribution in [2.75, 3.05) is 35.3 Å². The number of aliphatic hydroxyl groups excluding tert-OH is 2. The second-order valence-corrected chi connectivity index (χ2v) is 18.4. The van der Waals surface area contributed by atoms with E-state index in [0.29, 0.717) is 19.3 Å². The van der Waals surface area contributed by atoms with Crippen LogP contribution in [0.2, 0.25) is 0 Å². The molecule has 4 aliphatic rings. The molecule has 4 rings (SSSR count). The van der Waals surface area contributed by atoms with E-state index in [9.17, 15) is 29.7 Å². The number of esters is 2. The van der Waals surface area contributed by atoms with Gasteiger partial charge in [-0.15, -0.1) is 0 Å². The summed E-state index contributed by atoms with van der Waals surface area (Å²) in [6.45, 7) is 12.0. The molecule has 0 amide bonds. The van der Waals surface area contributed by atoms with Gasteiger partial charge in [0.15, 0.2) is 18.9 Å². The van der Waals surface area contributed by atoms with Crippen molar-refractivity contribution in [3.8, 4) is 0 Å². The SMILES string of the molecule is CO[C@H]1[C@@H](O[C@@H]2O[C@H](C)[C@H](O[C@@H]3C[C@](C)(O)[C@H](O)[C@H](C)O3)[C@@H](N(C)C)[C@H]2O)[C@@H](CC=O)C[C@@H](C)[C@@H](O[C@@H]2CC[C@H](N(C)C)[C@H](C)O2)/C=C/C=C\C[C@@H](C)OC(=O)C[C@H]1OC(C)=O.